The summed E-state index contributed by atoms with van der Waals surface area (Å²) in [4.78, 5) is 3.60. The number of nitrogens with zero attached hydrogens (tertiary/aromatic N) is 6. The Hall–Kier alpha value is -2.27. The Morgan fingerprint density at radius 3 is 2.17 bits per heavy atom. The number of anilines is 1. The van der Waals surface area contributed by atoms with Gasteiger partial charge in [0.1, 0.15) is 5.82 Å². The van der Waals surface area contributed by atoms with Crippen LogP contribution in [0.15, 0.2) is 10.2 Å². The third-order valence-corrected chi connectivity index (χ3v) is 4.21. The predicted octanol–water partition coefficient (Wildman–Crippen LogP) is 5.02. The van der Waals surface area contributed by atoms with E-state index in [0.717, 1.165) is 11.4 Å². The minimum Gasteiger partial charge on any atom is -0.382 e. The molecule has 2 aromatic rings. The predicted molar refractivity (Wildman–Crippen MR) is 97.6 cm³/mol. The standard InChI is InChI=1S/C16H23N7S/c1-15(2,3)11-9(13(17)23(8)21-11)19-20-14-10(18-7)12(22-24-14)16(4,5)6/h17H2,1-6,8H3. The van der Waals surface area contributed by atoms with Gasteiger partial charge in [-0.1, -0.05) is 41.5 Å². The molecule has 0 aromatic carbocycles. The molecule has 0 saturated heterocycles. The Morgan fingerprint density at radius 2 is 1.67 bits per heavy atom. The fourth-order valence-corrected chi connectivity index (χ4v) is 3.00. The van der Waals surface area contributed by atoms with E-state index in [1.807, 2.05) is 41.5 Å². The van der Waals surface area contributed by atoms with Crippen LogP contribution in [0, 0.1) is 6.57 Å². The molecule has 0 saturated carbocycles. The van der Waals surface area contributed by atoms with E-state index < -0.39 is 0 Å². The highest BCUT2D eigenvalue weighted by Crippen LogP contribution is 2.43. The van der Waals surface area contributed by atoms with E-state index >= 15 is 0 Å². The van der Waals surface area contributed by atoms with Gasteiger partial charge in [-0.05, 0) is 16.9 Å². The van der Waals surface area contributed by atoms with Crippen molar-refractivity contribution in [2.24, 2.45) is 17.3 Å². The molecule has 0 aliphatic rings. The quantitative estimate of drug-likeness (QED) is 0.612. The first-order valence-electron chi connectivity index (χ1n) is 7.59. The van der Waals surface area contributed by atoms with Crippen molar-refractivity contribution in [3.05, 3.63) is 22.8 Å². The molecule has 2 heterocycles. The van der Waals surface area contributed by atoms with Crippen molar-refractivity contribution < 1.29 is 0 Å². The average molecular weight is 345 g/mol. The van der Waals surface area contributed by atoms with Crippen LogP contribution in [-0.4, -0.2) is 14.2 Å². The lowest BCUT2D eigenvalue weighted by Crippen LogP contribution is -2.12. The number of hydrogen-bond acceptors (Lipinski definition) is 6. The van der Waals surface area contributed by atoms with Gasteiger partial charge in [0.05, 0.1) is 18.0 Å². The van der Waals surface area contributed by atoms with Crippen LogP contribution in [0.4, 0.5) is 22.2 Å². The van der Waals surface area contributed by atoms with Crippen molar-refractivity contribution in [2.75, 3.05) is 5.73 Å². The van der Waals surface area contributed by atoms with Crippen molar-refractivity contribution in [1.29, 1.82) is 0 Å². The minimum absolute atomic E-state index is 0.212. The van der Waals surface area contributed by atoms with Gasteiger partial charge in [0.25, 0.3) is 0 Å². The lowest BCUT2D eigenvalue weighted by Gasteiger charge is -2.15. The molecular weight excluding hydrogens is 322 g/mol. The third kappa shape index (κ3) is 3.31. The largest absolute Gasteiger partial charge is 0.382 e. The van der Waals surface area contributed by atoms with Crippen LogP contribution in [0.3, 0.4) is 0 Å². The first-order chi connectivity index (χ1) is 11.0. The molecule has 0 fully saturated rings. The second-order valence-electron chi connectivity index (χ2n) is 7.70. The van der Waals surface area contributed by atoms with E-state index in [9.17, 15) is 0 Å². The molecule has 0 amide bonds. The Labute approximate surface area is 146 Å². The molecule has 2 rings (SSSR count). The topological polar surface area (TPSA) is 85.8 Å². The fraction of sp³-hybridized carbons (Fsp3) is 0.562. The van der Waals surface area contributed by atoms with Crippen LogP contribution >= 0.6 is 11.5 Å². The van der Waals surface area contributed by atoms with Crippen molar-refractivity contribution >= 4 is 33.7 Å². The summed E-state index contributed by atoms with van der Waals surface area (Å²) < 4.78 is 5.99. The molecule has 0 aliphatic carbocycles. The van der Waals surface area contributed by atoms with Gasteiger partial charge in [0.15, 0.2) is 10.7 Å². The molecule has 128 valence electrons. The summed E-state index contributed by atoms with van der Waals surface area (Å²) in [6, 6.07) is 0. The molecule has 0 atom stereocenters. The maximum atomic E-state index is 7.44. The first kappa shape index (κ1) is 18.1. The Kier molecular flexibility index (Phi) is 4.50. The maximum Gasteiger partial charge on any atom is 0.248 e. The molecule has 7 nitrogen and oxygen atoms in total. The second-order valence-corrected chi connectivity index (χ2v) is 8.45. The van der Waals surface area contributed by atoms with Crippen molar-refractivity contribution in [3.8, 4) is 0 Å². The Bertz CT molecular complexity index is 822. The molecule has 0 radical (unpaired) electrons. The van der Waals surface area contributed by atoms with Crippen LogP contribution in [0.1, 0.15) is 52.9 Å². The number of rotatable bonds is 2. The van der Waals surface area contributed by atoms with Gasteiger partial charge >= 0.3 is 0 Å². The summed E-state index contributed by atoms with van der Waals surface area (Å²) in [5.74, 6) is 0.452. The summed E-state index contributed by atoms with van der Waals surface area (Å²) in [6.07, 6.45) is 0. The molecule has 24 heavy (non-hydrogen) atoms. The lowest BCUT2D eigenvalue weighted by molar-refractivity contribution is 0.554. The number of aromatic nitrogens is 3. The van der Waals surface area contributed by atoms with E-state index in [-0.39, 0.29) is 10.8 Å². The number of nitrogen functional groups attached to an aromatic ring is 1. The van der Waals surface area contributed by atoms with Crippen LogP contribution in [-0.2, 0) is 17.9 Å². The molecule has 0 aliphatic heterocycles. The van der Waals surface area contributed by atoms with Gasteiger partial charge in [0, 0.05) is 12.5 Å². The molecular formula is C16H23N7S. The summed E-state index contributed by atoms with van der Waals surface area (Å²) in [5, 5.41) is 13.5. The smallest absolute Gasteiger partial charge is 0.248 e. The molecule has 8 heteroatoms. The normalized spacial score (nSPS) is 12.8. The number of nitrogens with two attached hydrogens (primary N) is 1. The van der Waals surface area contributed by atoms with E-state index in [2.05, 4.69) is 24.5 Å². The Morgan fingerprint density at radius 1 is 1.08 bits per heavy atom. The van der Waals surface area contributed by atoms with Crippen LogP contribution in [0.2, 0.25) is 0 Å². The van der Waals surface area contributed by atoms with Gasteiger partial charge < -0.3 is 5.73 Å². The highest BCUT2D eigenvalue weighted by atomic mass is 32.1. The first-order valence-corrected chi connectivity index (χ1v) is 8.36. The highest BCUT2D eigenvalue weighted by Gasteiger charge is 2.27. The van der Waals surface area contributed by atoms with Gasteiger partial charge in [-0.25, -0.2) is 9.22 Å². The van der Waals surface area contributed by atoms with Gasteiger partial charge in [-0.2, -0.15) is 5.10 Å². The summed E-state index contributed by atoms with van der Waals surface area (Å²) in [7, 11) is 1.78. The molecule has 0 unspecified atom stereocenters. The molecule has 2 N–H and O–H groups in total. The Balaban J connectivity index is 2.51. The maximum absolute atomic E-state index is 7.44. The number of aryl methyl sites for hydroxylation is 1. The summed E-state index contributed by atoms with van der Waals surface area (Å²) in [5.41, 5.74) is 8.18. The summed E-state index contributed by atoms with van der Waals surface area (Å²) in [6.45, 7) is 19.6. The van der Waals surface area contributed by atoms with Gasteiger partial charge in [-0.3, -0.25) is 4.68 Å². The third-order valence-electron chi connectivity index (χ3n) is 3.49. The van der Waals surface area contributed by atoms with Crippen molar-refractivity contribution in [1.82, 2.24) is 14.2 Å². The highest BCUT2D eigenvalue weighted by molar-refractivity contribution is 7.10. The zero-order valence-electron chi connectivity index (χ0n) is 15.2. The van der Waals surface area contributed by atoms with Crippen LogP contribution in [0.5, 0.6) is 0 Å². The summed E-state index contributed by atoms with van der Waals surface area (Å²) >= 11 is 1.18. The van der Waals surface area contributed by atoms with Crippen LogP contribution in [0.25, 0.3) is 4.85 Å². The molecule has 0 spiro atoms. The van der Waals surface area contributed by atoms with E-state index in [1.54, 1.807) is 11.7 Å². The van der Waals surface area contributed by atoms with Gasteiger partial charge in [-0.15, -0.1) is 10.2 Å². The zero-order valence-corrected chi connectivity index (χ0v) is 16.0. The van der Waals surface area contributed by atoms with Gasteiger partial charge in [0.2, 0.25) is 5.69 Å². The SMILES string of the molecule is [C-]#[N+]c1c(C(C)(C)C)nsc1N=Nc1c(C(C)(C)C)nn(C)c1N. The second kappa shape index (κ2) is 5.98. The number of azo groups is 1. The molecule has 0 bridgehead atoms. The minimum atomic E-state index is -0.214. The van der Waals surface area contributed by atoms with E-state index in [1.165, 1.54) is 11.5 Å². The van der Waals surface area contributed by atoms with E-state index in [4.69, 9.17) is 12.3 Å². The van der Waals surface area contributed by atoms with E-state index in [0.29, 0.717) is 22.2 Å². The average Bonchev–Trinajstić information content (AvgIpc) is 2.98. The lowest BCUT2D eigenvalue weighted by atomic mass is 9.91. The monoisotopic (exact) mass is 345 g/mol. The van der Waals surface area contributed by atoms with Crippen molar-refractivity contribution in [2.45, 2.75) is 52.4 Å². The van der Waals surface area contributed by atoms with Crippen LogP contribution < -0.4 is 5.73 Å². The fourth-order valence-electron chi connectivity index (χ4n) is 2.16. The molecule has 2 aromatic heterocycles. The van der Waals surface area contributed by atoms with Crippen molar-refractivity contribution in [3.63, 3.8) is 0 Å². The zero-order chi connectivity index (χ0) is 18.3. The number of hydrogen-bond donors (Lipinski definition) is 1.